The maximum absolute atomic E-state index is 12.6. The molecule has 1 amide bonds. The number of aryl methyl sites for hydroxylation is 2. The lowest BCUT2D eigenvalue weighted by Gasteiger charge is -2.26. The molecule has 1 saturated heterocycles. The second kappa shape index (κ2) is 11.8. The average molecular weight is 513 g/mol. The van der Waals surface area contributed by atoms with Crippen LogP contribution in [0, 0.1) is 13.8 Å². The molecule has 38 heavy (non-hydrogen) atoms. The number of nitrogens with one attached hydrogen (secondary N) is 3. The maximum atomic E-state index is 12.6. The smallest absolute Gasteiger partial charge is 0.255 e. The standard InChI is InChI=1S/C28H32N8O2/c1-20-8-9-23(32-28(37)22-6-4-3-5-7-22)17-24(20)33-27-16-21(2)34-36(27)26-18-25(30-19-31-26)29-10-11-35-12-14-38-15-13-35/h3-9,16-19,33H,10-15H2,1-2H3,(H,32,37)(H,29,30,31). The minimum Gasteiger partial charge on any atom is -0.379 e. The zero-order chi connectivity index (χ0) is 26.3. The summed E-state index contributed by atoms with van der Waals surface area (Å²) in [6.45, 7) is 9.13. The fourth-order valence-electron chi connectivity index (χ4n) is 4.25. The van der Waals surface area contributed by atoms with Crippen molar-refractivity contribution in [3.8, 4) is 5.82 Å². The van der Waals surface area contributed by atoms with Gasteiger partial charge in [0.15, 0.2) is 5.82 Å². The Morgan fingerprint density at radius 2 is 1.82 bits per heavy atom. The molecule has 0 atom stereocenters. The van der Waals surface area contributed by atoms with Crippen LogP contribution in [0.3, 0.4) is 0 Å². The molecule has 1 aliphatic rings. The van der Waals surface area contributed by atoms with Crippen LogP contribution in [0.5, 0.6) is 0 Å². The van der Waals surface area contributed by atoms with Crippen molar-refractivity contribution in [2.45, 2.75) is 13.8 Å². The van der Waals surface area contributed by atoms with Gasteiger partial charge in [0, 0.05) is 55.2 Å². The molecule has 196 valence electrons. The van der Waals surface area contributed by atoms with Crippen LogP contribution in [0.15, 0.2) is 67.0 Å². The highest BCUT2D eigenvalue weighted by Crippen LogP contribution is 2.27. The summed E-state index contributed by atoms with van der Waals surface area (Å²) in [5, 5.41) is 14.5. The lowest BCUT2D eigenvalue weighted by atomic mass is 10.1. The number of anilines is 4. The molecule has 0 bridgehead atoms. The van der Waals surface area contributed by atoms with E-state index in [-0.39, 0.29) is 5.91 Å². The number of benzene rings is 2. The van der Waals surface area contributed by atoms with Crippen molar-refractivity contribution >= 4 is 28.9 Å². The fourth-order valence-corrected chi connectivity index (χ4v) is 4.25. The summed E-state index contributed by atoms with van der Waals surface area (Å²) in [6, 6.07) is 18.8. The van der Waals surface area contributed by atoms with E-state index in [2.05, 4.69) is 35.9 Å². The van der Waals surface area contributed by atoms with Crippen LogP contribution in [-0.2, 0) is 4.74 Å². The summed E-state index contributed by atoms with van der Waals surface area (Å²) in [6.07, 6.45) is 1.54. The number of amides is 1. The van der Waals surface area contributed by atoms with Crippen LogP contribution in [0.4, 0.5) is 23.0 Å². The number of nitrogens with zero attached hydrogens (tertiary/aromatic N) is 5. The molecule has 2 aromatic heterocycles. The van der Waals surface area contributed by atoms with Gasteiger partial charge in [-0.05, 0) is 43.7 Å². The SMILES string of the molecule is Cc1cc(Nc2cc(NC(=O)c3ccccc3)ccc2C)n(-c2cc(NCCN3CCOCC3)ncn2)n1. The van der Waals surface area contributed by atoms with E-state index in [9.17, 15) is 4.79 Å². The van der Waals surface area contributed by atoms with Crippen LogP contribution in [0.2, 0.25) is 0 Å². The molecule has 1 fully saturated rings. The molecule has 1 aliphatic heterocycles. The number of hydrogen-bond donors (Lipinski definition) is 3. The summed E-state index contributed by atoms with van der Waals surface area (Å²) in [5.41, 5.74) is 4.04. The van der Waals surface area contributed by atoms with Crippen molar-refractivity contribution in [3.63, 3.8) is 0 Å². The highest BCUT2D eigenvalue weighted by Gasteiger charge is 2.14. The lowest BCUT2D eigenvalue weighted by molar-refractivity contribution is 0.0398. The number of aromatic nitrogens is 4. The fraction of sp³-hybridized carbons (Fsp3) is 0.286. The first kappa shape index (κ1) is 25.4. The molecule has 5 rings (SSSR count). The normalized spacial score (nSPS) is 13.7. The van der Waals surface area contributed by atoms with Gasteiger partial charge >= 0.3 is 0 Å². The van der Waals surface area contributed by atoms with Crippen LogP contribution in [-0.4, -0.2) is 69.9 Å². The van der Waals surface area contributed by atoms with E-state index in [0.717, 1.165) is 68.0 Å². The Morgan fingerprint density at radius 1 is 1.00 bits per heavy atom. The Balaban J connectivity index is 1.30. The molecule has 10 heteroatoms. The Bertz CT molecular complexity index is 1380. The van der Waals surface area contributed by atoms with Gasteiger partial charge in [-0.1, -0.05) is 24.3 Å². The molecule has 0 unspecified atom stereocenters. The zero-order valence-corrected chi connectivity index (χ0v) is 21.6. The number of morpholine rings is 1. The van der Waals surface area contributed by atoms with Gasteiger partial charge in [0.2, 0.25) is 0 Å². The Labute approximate surface area is 222 Å². The third kappa shape index (κ3) is 6.34. The van der Waals surface area contributed by atoms with E-state index in [1.54, 1.807) is 16.8 Å². The van der Waals surface area contributed by atoms with Crippen molar-refractivity contribution in [3.05, 3.63) is 83.8 Å². The number of carbonyl (C=O) groups excluding carboxylic acids is 1. The van der Waals surface area contributed by atoms with Gasteiger partial charge < -0.3 is 20.7 Å². The van der Waals surface area contributed by atoms with E-state index in [0.29, 0.717) is 17.1 Å². The number of hydrogen-bond acceptors (Lipinski definition) is 8. The van der Waals surface area contributed by atoms with Gasteiger partial charge in [-0.3, -0.25) is 9.69 Å². The van der Waals surface area contributed by atoms with Crippen molar-refractivity contribution in [1.29, 1.82) is 0 Å². The Morgan fingerprint density at radius 3 is 2.63 bits per heavy atom. The third-order valence-electron chi connectivity index (χ3n) is 6.33. The monoisotopic (exact) mass is 512 g/mol. The van der Waals surface area contributed by atoms with Crippen molar-refractivity contribution < 1.29 is 9.53 Å². The Hall–Kier alpha value is -4.28. The molecular weight excluding hydrogens is 480 g/mol. The largest absolute Gasteiger partial charge is 0.379 e. The van der Waals surface area contributed by atoms with Crippen LogP contribution >= 0.6 is 0 Å². The van der Waals surface area contributed by atoms with Crippen LogP contribution < -0.4 is 16.0 Å². The van der Waals surface area contributed by atoms with Crippen molar-refractivity contribution in [1.82, 2.24) is 24.6 Å². The first-order valence-electron chi connectivity index (χ1n) is 12.7. The highest BCUT2D eigenvalue weighted by molar-refractivity contribution is 6.04. The second-order valence-corrected chi connectivity index (χ2v) is 9.20. The van der Waals surface area contributed by atoms with E-state index in [4.69, 9.17) is 4.74 Å². The van der Waals surface area contributed by atoms with Gasteiger partial charge in [0.1, 0.15) is 18.0 Å². The van der Waals surface area contributed by atoms with Gasteiger partial charge in [-0.25, -0.2) is 9.97 Å². The highest BCUT2D eigenvalue weighted by atomic mass is 16.5. The predicted molar refractivity (Wildman–Crippen MR) is 148 cm³/mol. The summed E-state index contributed by atoms with van der Waals surface area (Å²) in [4.78, 5) is 23.8. The molecule has 0 aliphatic carbocycles. The predicted octanol–water partition coefficient (Wildman–Crippen LogP) is 4.02. The molecule has 2 aromatic carbocycles. The maximum Gasteiger partial charge on any atom is 0.255 e. The second-order valence-electron chi connectivity index (χ2n) is 9.20. The lowest BCUT2D eigenvalue weighted by Crippen LogP contribution is -2.39. The first-order chi connectivity index (χ1) is 18.5. The molecule has 10 nitrogen and oxygen atoms in total. The number of carbonyl (C=O) groups is 1. The van der Waals surface area contributed by atoms with Gasteiger partial charge in [0.05, 0.1) is 18.9 Å². The van der Waals surface area contributed by atoms with Crippen molar-refractivity contribution in [2.75, 3.05) is 55.3 Å². The number of ether oxygens (including phenoxy) is 1. The quantitative estimate of drug-likeness (QED) is 0.309. The average Bonchev–Trinajstić information content (AvgIpc) is 3.31. The molecule has 0 saturated carbocycles. The summed E-state index contributed by atoms with van der Waals surface area (Å²) < 4.78 is 7.18. The van der Waals surface area contributed by atoms with E-state index < -0.39 is 0 Å². The first-order valence-corrected chi connectivity index (χ1v) is 12.7. The van der Waals surface area contributed by atoms with Gasteiger partial charge in [0.25, 0.3) is 5.91 Å². The minimum atomic E-state index is -0.157. The van der Waals surface area contributed by atoms with E-state index >= 15 is 0 Å². The van der Waals surface area contributed by atoms with Crippen molar-refractivity contribution in [2.24, 2.45) is 0 Å². The number of rotatable bonds is 9. The summed E-state index contributed by atoms with van der Waals surface area (Å²) in [7, 11) is 0. The molecular formula is C28H32N8O2. The van der Waals surface area contributed by atoms with Crippen LogP contribution in [0.25, 0.3) is 5.82 Å². The molecule has 3 heterocycles. The summed E-state index contributed by atoms with van der Waals surface area (Å²) >= 11 is 0. The topological polar surface area (TPSA) is 109 Å². The minimum absolute atomic E-state index is 0.157. The molecule has 0 radical (unpaired) electrons. The molecule has 3 N–H and O–H groups in total. The molecule has 0 spiro atoms. The van der Waals surface area contributed by atoms with E-state index in [1.807, 2.05) is 62.4 Å². The van der Waals surface area contributed by atoms with Crippen LogP contribution in [0.1, 0.15) is 21.6 Å². The zero-order valence-electron chi connectivity index (χ0n) is 21.6. The third-order valence-corrected chi connectivity index (χ3v) is 6.33. The van der Waals surface area contributed by atoms with E-state index in [1.165, 1.54) is 6.33 Å². The van der Waals surface area contributed by atoms with Gasteiger partial charge in [-0.2, -0.15) is 9.78 Å². The summed E-state index contributed by atoms with van der Waals surface area (Å²) in [5.74, 6) is 1.99. The molecule has 4 aromatic rings. The Kier molecular flexibility index (Phi) is 7.91. The van der Waals surface area contributed by atoms with Gasteiger partial charge in [-0.15, -0.1) is 0 Å².